The Hall–Kier alpha value is -7.13. The zero-order valence-electron chi connectivity index (χ0n) is 31.9. The lowest BCUT2D eigenvalue weighted by atomic mass is 9.92. The first-order chi connectivity index (χ1) is 30.0. The molecule has 0 spiro atoms. The Morgan fingerprint density at radius 3 is 1.39 bits per heavy atom. The molecule has 0 atom stereocenters. The van der Waals surface area contributed by atoms with Crippen LogP contribution in [0.5, 0.6) is 0 Å². The van der Waals surface area contributed by atoms with E-state index in [0.29, 0.717) is 40.3 Å². The third kappa shape index (κ3) is 5.17. The summed E-state index contributed by atoms with van der Waals surface area (Å²) in [6.07, 6.45) is -10.0. The number of para-hydroxylation sites is 2. The van der Waals surface area contributed by atoms with E-state index >= 15 is 13.2 Å². The maximum absolute atomic E-state index is 15.6. The van der Waals surface area contributed by atoms with Gasteiger partial charge in [-0.15, -0.1) is 22.7 Å². The minimum Gasteiger partial charge on any atom is -0.308 e. The topological polar surface area (TPSA) is 33.6 Å². The molecule has 0 bridgehead atoms. The van der Waals surface area contributed by atoms with E-state index < -0.39 is 29.0 Å². The summed E-state index contributed by atoms with van der Waals surface area (Å²) in [5.74, 6) is 0. The second kappa shape index (κ2) is 12.9. The first-order valence-electron chi connectivity index (χ1n) is 19.5. The number of thiophene rings is 2. The molecule has 0 saturated heterocycles. The Kier molecular flexibility index (Phi) is 7.66. The minimum atomic E-state index is -5.07. The molecule has 0 saturated carbocycles. The van der Waals surface area contributed by atoms with Crippen LogP contribution in [0.15, 0.2) is 152 Å². The molecule has 62 heavy (non-hydrogen) atoms. The van der Waals surface area contributed by atoms with Crippen LogP contribution in [-0.4, -0.2) is 9.13 Å². The maximum Gasteiger partial charge on any atom is 0.417 e. The number of nitrogens with zero attached hydrogens (tertiary/aromatic N) is 3. The molecule has 3 nitrogen and oxygen atoms in total. The zero-order valence-corrected chi connectivity index (χ0v) is 33.5. The van der Waals surface area contributed by atoms with Gasteiger partial charge in [-0.2, -0.15) is 31.6 Å². The van der Waals surface area contributed by atoms with Crippen molar-refractivity contribution in [1.82, 2.24) is 9.13 Å². The van der Waals surface area contributed by atoms with Crippen LogP contribution in [0.25, 0.3) is 106 Å². The molecular formula is C51H25F6N3S2. The first-order valence-corrected chi connectivity index (χ1v) is 21.2. The molecular weight excluding hydrogens is 833 g/mol. The second-order valence-corrected chi connectivity index (χ2v) is 17.5. The van der Waals surface area contributed by atoms with Gasteiger partial charge in [-0.05, 0) is 72.3 Å². The van der Waals surface area contributed by atoms with E-state index in [2.05, 4.69) is 6.07 Å². The summed E-state index contributed by atoms with van der Waals surface area (Å²) in [6.45, 7) is 0. The molecule has 0 unspecified atom stereocenters. The standard InChI is InChI=1S/C51H25F6N3S2/c52-50(53,54)28-17-20-36(51(55,56)57)35(25-28)45-39(59-37-13-5-1-9-29(37)31-18-21-43-46(48(31)59)33-11-3-7-15-41(33)61-43)23-27(26-58)24-40(45)60-38-14-6-2-10-30(38)32-19-22-44-47(49(32)60)34-12-4-8-16-42(34)62-44/h1-25H. The average molecular weight is 858 g/mol. The molecule has 0 aliphatic heterocycles. The molecule has 0 radical (unpaired) electrons. The fourth-order valence-electron chi connectivity index (χ4n) is 9.51. The van der Waals surface area contributed by atoms with E-state index in [1.165, 1.54) is 12.1 Å². The predicted molar refractivity (Wildman–Crippen MR) is 241 cm³/mol. The van der Waals surface area contributed by atoms with Crippen LogP contribution in [-0.2, 0) is 12.4 Å². The summed E-state index contributed by atoms with van der Waals surface area (Å²) in [6, 6.07) is 45.7. The molecule has 0 fully saturated rings. The monoisotopic (exact) mass is 857 g/mol. The van der Waals surface area contributed by atoms with Gasteiger partial charge in [0.25, 0.3) is 0 Å². The largest absolute Gasteiger partial charge is 0.417 e. The SMILES string of the molecule is N#Cc1cc(-n2c3ccccc3c3ccc4sc5ccccc5c4c32)c(-c2cc(C(F)(F)F)ccc2C(F)(F)F)c(-n2c3ccccc3c3ccc4sc5ccccc5c4c32)c1. The van der Waals surface area contributed by atoms with E-state index in [4.69, 9.17) is 0 Å². The molecule has 4 aromatic heterocycles. The number of benzene rings is 8. The number of alkyl halides is 6. The Morgan fingerprint density at radius 2 is 0.919 bits per heavy atom. The van der Waals surface area contributed by atoms with Crippen molar-refractivity contribution in [3.8, 4) is 28.6 Å². The van der Waals surface area contributed by atoms with Crippen LogP contribution in [0.1, 0.15) is 16.7 Å². The lowest BCUT2D eigenvalue weighted by molar-refractivity contribution is -0.141. The van der Waals surface area contributed by atoms with E-state index in [1.807, 2.05) is 130 Å². The molecule has 8 aromatic carbocycles. The molecule has 11 heteroatoms. The van der Waals surface area contributed by atoms with Gasteiger partial charge in [0, 0.05) is 67.5 Å². The third-order valence-corrected chi connectivity index (χ3v) is 14.3. The number of nitriles is 1. The second-order valence-electron chi connectivity index (χ2n) is 15.3. The van der Waals surface area contributed by atoms with Crippen molar-refractivity contribution in [1.29, 1.82) is 5.26 Å². The van der Waals surface area contributed by atoms with Crippen LogP contribution < -0.4 is 0 Å². The maximum atomic E-state index is 15.6. The molecule has 0 N–H and O–H groups in total. The number of aromatic nitrogens is 2. The summed E-state index contributed by atoms with van der Waals surface area (Å²) in [5, 5.41) is 17.6. The van der Waals surface area contributed by atoms with Gasteiger partial charge < -0.3 is 9.13 Å². The quantitative estimate of drug-likeness (QED) is 0.163. The van der Waals surface area contributed by atoms with Gasteiger partial charge >= 0.3 is 12.4 Å². The van der Waals surface area contributed by atoms with Gasteiger partial charge in [0.2, 0.25) is 0 Å². The Morgan fingerprint density at radius 1 is 0.452 bits per heavy atom. The highest BCUT2D eigenvalue weighted by atomic mass is 32.1. The lowest BCUT2D eigenvalue weighted by Crippen LogP contribution is -2.13. The average Bonchev–Trinajstić information content (AvgIpc) is 4.02. The summed E-state index contributed by atoms with van der Waals surface area (Å²) in [5.41, 5.74) is -0.319. The van der Waals surface area contributed by atoms with Crippen LogP contribution in [0.3, 0.4) is 0 Å². The first kappa shape index (κ1) is 36.7. The van der Waals surface area contributed by atoms with Gasteiger partial charge in [-0.3, -0.25) is 0 Å². The van der Waals surface area contributed by atoms with Crippen molar-refractivity contribution in [2.75, 3.05) is 0 Å². The Labute approximate surface area is 355 Å². The molecule has 0 amide bonds. The van der Waals surface area contributed by atoms with Crippen LogP contribution in [0.2, 0.25) is 0 Å². The molecule has 12 rings (SSSR count). The fourth-order valence-corrected chi connectivity index (χ4v) is 11.7. The molecule has 12 aromatic rings. The number of rotatable bonds is 3. The number of fused-ring (bicyclic) bond motifs is 14. The van der Waals surface area contributed by atoms with E-state index in [-0.39, 0.29) is 22.5 Å². The molecule has 4 heterocycles. The highest BCUT2D eigenvalue weighted by Gasteiger charge is 2.39. The smallest absolute Gasteiger partial charge is 0.308 e. The van der Waals surface area contributed by atoms with Crippen molar-refractivity contribution >= 4 is 107 Å². The van der Waals surface area contributed by atoms with Crippen molar-refractivity contribution in [2.45, 2.75) is 12.4 Å². The van der Waals surface area contributed by atoms with Crippen LogP contribution in [0.4, 0.5) is 26.3 Å². The van der Waals surface area contributed by atoms with Crippen LogP contribution >= 0.6 is 22.7 Å². The Bertz CT molecular complexity index is 3720. The zero-order chi connectivity index (χ0) is 42.2. The summed E-state index contributed by atoms with van der Waals surface area (Å²) in [4.78, 5) is 0. The number of hydrogen-bond donors (Lipinski definition) is 0. The van der Waals surface area contributed by atoms with Gasteiger partial charge in [-0.25, -0.2) is 0 Å². The third-order valence-electron chi connectivity index (χ3n) is 12.0. The molecule has 0 aliphatic rings. The summed E-state index contributed by atoms with van der Waals surface area (Å²) in [7, 11) is 0. The van der Waals surface area contributed by atoms with E-state index in [1.54, 1.807) is 22.7 Å². The number of halogens is 6. The fraction of sp³-hybridized carbons (Fsp3) is 0.0392. The number of hydrogen-bond acceptors (Lipinski definition) is 3. The van der Waals surface area contributed by atoms with Crippen molar-refractivity contribution < 1.29 is 26.3 Å². The van der Waals surface area contributed by atoms with Gasteiger partial charge in [0.05, 0.1) is 56.2 Å². The normalized spacial score (nSPS) is 12.7. The lowest BCUT2D eigenvalue weighted by Gasteiger charge is -2.24. The Balaban J connectivity index is 1.37. The predicted octanol–water partition coefficient (Wildman–Crippen LogP) is 16.2. The molecule has 298 valence electrons. The van der Waals surface area contributed by atoms with Crippen molar-refractivity contribution in [2.24, 2.45) is 0 Å². The van der Waals surface area contributed by atoms with E-state index in [0.717, 1.165) is 61.9 Å². The van der Waals surface area contributed by atoms with Gasteiger partial charge in [-0.1, -0.05) is 84.9 Å². The highest BCUT2D eigenvalue weighted by molar-refractivity contribution is 7.26. The van der Waals surface area contributed by atoms with E-state index in [9.17, 15) is 18.4 Å². The van der Waals surface area contributed by atoms with Crippen molar-refractivity contribution in [3.05, 3.63) is 168 Å². The minimum absolute atomic E-state index is 0.110. The van der Waals surface area contributed by atoms with Gasteiger partial charge in [0.1, 0.15) is 0 Å². The van der Waals surface area contributed by atoms with Crippen molar-refractivity contribution in [3.63, 3.8) is 0 Å². The summed E-state index contributed by atoms with van der Waals surface area (Å²) < 4.78 is 98.9. The molecule has 0 aliphatic carbocycles. The highest BCUT2D eigenvalue weighted by Crippen LogP contribution is 2.51. The van der Waals surface area contributed by atoms with Gasteiger partial charge in [0.15, 0.2) is 0 Å². The summed E-state index contributed by atoms with van der Waals surface area (Å²) >= 11 is 3.15. The van der Waals surface area contributed by atoms with Crippen LogP contribution in [0, 0.1) is 11.3 Å².